The van der Waals surface area contributed by atoms with Gasteiger partial charge in [0.1, 0.15) is 0 Å². The molecule has 0 bridgehead atoms. The van der Waals surface area contributed by atoms with Gasteiger partial charge in [-0.3, -0.25) is 0 Å². The third-order valence-corrected chi connectivity index (χ3v) is 3.32. The maximum absolute atomic E-state index is 5.87. The third-order valence-electron chi connectivity index (χ3n) is 1.96. The maximum atomic E-state index is 5.87. The molecule has 2 N–H and O–H groups in total. The largest absolute Gasteiger partial charge is 0.398 e. The molecule has 0 aliphatic heterocycles. The molecule has 2 aromatic rings. The fourth-order valence-corrected chi connectivity index (χ4v) is 2.48. The molecule has 0 aliphatic rings. The van der Waals surface area contributed by atoms with Gasteiger partial charge in [-0.1, -0.05) is 30.0 Å². The first-order valence-corrected chi connectivity index (χ1v) is 5.83. The average molecular weight is 233 g/mol. The molecule has 0 aromatic heterocycles. The van der Waals surface area contributed by atoms with Crippen LogP contribution in [0.1, 0.15) is 0 Å². The molecule has 15 heavy (non-hydrogen) atoms. The van der Waals surface area contributed by atoms with Crippen molar-refractivity contribution in [2.45, 2.75) is 14.7 Å². The van der Waals surface area contributed by atoms with E-state index in [0.29, 0.717) is 0 Å². The molecule has 3 heteroatoms. The van der Waals surface area contributed by atoms with E-state index < -0.39 is 0 Å². The van der Waals surface area contributed by atoms with Crippen LogP contribution in [-0.4, -0.2) is 0 Å². The molecule has 2 rings (SSSR count). The van der Waals surface area contributed by atoms with Gasteiger partial charge in [-0.15, -0.1) is 12.6 Å². The molecule has 0 unspecified atom stereocenters. The van der Waals surface area contributed by atoms with E-state index >= 15 is 0 Å². The number of para-hydroxylation sites is 1. The molecule has 0 spiro atoms. The lowest BCUT2D eigenvalue weighted by Gasteiger charge is -2.04. The number of benzene rings is 2. The first-order chi connectivity index (χ1) is 7.25. The Hall–Kier alpha value is -1.06. The van der Waals surface area contributed by atoms with Crippen molar-refractivity contribution in [3.8, 4) is 0 Å². The second-order valence-corrected chi connectivity index (χ2v) is 4.77. The van der Waals surface area contributed by atoms with E-state index in [2.05, 4.69) is 18.7 Å². The summed E-state index contributed by atoms with van der Waals surface area (Å²) in [6.07, 6.45) is 0. The summed E-state index contributed by atoms with van der Waals surface area (Å²) >= 11 is 5.96. The quantitative estimate of drug-likeness (QED) is 0.611. The van der Waals surface area contributed by atoms with Gasteiger partial charge in [-0.25, -0.2) is 0 Å². The minimum absolute atomic E-state index is 0.812. The zero-order valence-corrected chi connectivity index (χ0v) is 9.76. The van der Waals surface area contributed by atoms with Crippen LogP contribution in [0.4, 0.5) is 5.69 Å². The third kappa shape index (κ3) is 2.70. The molecule has 0 heterocycles. The van der Waals surface area contributed by atoms with E-state index in [4.69, 9.17) is 5.73 Å². The number of hydrogen-bond donors (Lipinski definition) is 2. The summed E-state index contributed by atoms with van der Waals surface area (Å²) in [5.74, 6) is 0. The lowest BCUT2D eigenvalue weighted by atomic mass is 10.3. The summed E-state index contributed by atoms with van der Waals surface area (Å²) < 4.78 is 0. The Morgan fingerprint density at radius 3 is 2.53 bits per heavy atom. The average Bonchev–Trinajstić information content (AvgIpc) is 2.22. The zero-order chi connectivity index (χ0) is 10.7. The van der Waals surface area contributed by atoms with Gasteiger partial charge in [0.05, 0.1) is 0 Å². The maximum Gasteiger partial charge on any atom is 0.0455 e. The first-order valence-electron chi connectivity index (χ1n) is 4.57. The topological polar surface area (TPSA) is 26.0 Å². The standard InChI is InChI=1S/C12H11NS2/c13-11-6-1-2-7-12(11)15-10-5-3-4-9(14)8-10/h1-8,14H,13H2. The zero-order valence-electron chi connectivity index (χ0n) is 8.05. The van der Waals surface area contributed by atoms with Crippen LogP contribution in [0.15, 0.2) is 63.2 Å². The van der Waals surface area contributed by atoms with Crippen molar-refractivity contribution < 1.29 is 0 Å². The number of rotatable bonds is 2. The van der Waals surface area contributed by atoms with Gasteiger partial charge in [0, 0.05) is 20.4 Å². The van der Waals surface area contributed by atoms with Crippen LogP contribution in [0.2, 0.25) is 0 Å². The smallest absolute Gasteiger partial charge is 0.0455 e. The van der Waals surface area contributed by atoms with Crippen molar-refractivity contribution in [2.75, 3.05) is 5.73 Å². The molecule has 76 valence electrons. The Kier molecular flexibility index (Phi) is 3.23. The van der Waals surface area contributed by atoms with Crippen molar-refractivity contribution in [3.63, 3.8) is 0 Å². The normalized spacial score (nSPS) is 10.2. The van der Waals surface area contributed by atoms with E-state index in [9.17, 15) is 0 Å². The van der Waals surface area contributed by atoms with Crippen LogP contribution < -0.4 is 5.73 Å². The van der Waals surface area contributed by atoms with Crippen molar-refractivity contribution in [3.05, 3.63) is 48.5 Å². The molecular weight excluding hydrogens is 222 g/mol. The van der Waals surface area contributed by atoms with Crippen LogP contribution in [0.3, 0.4) is 0 Å². The second kappa shape index (κ2) is 4.64. The summed E-state index contributed by atoms with van der Waals surface area (Å²) in [6.45, 7) is 0. The fourth-order valence-electron chi connectivity index (χ4n) is 1.25. The summed E-state index contributed by atoms with van der Waals surface area (Å²) in [7, 11) is 0. The molecule has 0 radical (unpaired) electrons. The summed E-state index contributed by atoms with van der Waals surface area (Å²) in [5.41, 5.74) is 6.68. The molecule has 0 atom stereocenters. The number of hydrogen-bond acceptors (Lipinski definition) is 3. The van der Waals surface area contributed by atoms with E-state index in [1.165, 1.54) is 0 Å². The number of nitrogen functional groups attached to an aromatic ring is 1. The Morgan fingerprint density at radius 2 is 1.80 bits per heavy atom. The fraction of sp³-hybridized carbons (Fsp3) is 0. The lowest BCUT2D eigenvalue weighted by Crippen LogP contribution is -1.86. The molecule has 0 saturated heterocycles. The Morgan fingerprint density at radius 1 is 1.00 bits per heavy atom. The highest BCUT2D eigenvalue weighted by Gasteiger charge is 2.00. The number of thiol groups is 1. The van der Waals surface area contributed by atoms with E-state index in [1.54, 1.807) is 11.8 Å². The molecular formula is C12H11NS2. The highest BCUT2D eigenvalue weighted by atomic mass is 32.2. The molecule has 2 aromatic carbocycles. The SMILES string of the molecule is Nc1ccccc1Sc1cccc(S)c1. The molecule has 1 nitrogen and oxygen atoms in total. The molecule has 0 amide bonds. The Bertz CT molecular complexity index is 469. The second-order valence-electron chi connectivity index (χ2n) is 3.14. The highest BCUT2D eigenvalue weighted by molar-refractivity contribution is 7.99. The first kappa shape index (κ1) is 10.5. The van der Waals surface area contributed by atoms with Crippen molar-refractivity contribution >= 4 is 30.1 Å². The number of nitrogens with two attached hydrogens (primary N) is 1. The van der Waals surface area contributed by atoms with Crippen molar-refractivity contribution in [1.82, 2.24) is 0 Å². The molecule has 0 aliphatic carbocycles. The van der Waals surface area contributed by atoms with Crippen LogP contribution >= 0.6 is 24.4 Å². The van der Waals surface area contributed by atoms with Crippen LogP contribution in [0.25, 0.3) is 0 Å². The van der Waals surface area contributed by atoms with Gasteiger partial charge in [-0.05, 0) is 30.3 Å². The van der Waals surface area contributed by atoms with E-state index in [0.717, 1.165) is 20.4 Å². The summed E-state index contributed by atoms with van der Waals surface area (Å²) in [4.78, 5) is 3.20. The predicted molar refractivity (Wildman–Crippen MR) is 68.7 cm³/mol. The summed E-state index contributed by atoms with van der Waals surface area (Å²) in [5, 5.41) is 0. The van der Waals surface area contributed by atoms with Gasteiger partial charge >= 0.3 is 0 Å². The highest BCUT2D eigenvalue weighted by Crippen LogP contribution is 2.32. The number of anilines is 1. The van der Waals surface area contributed by atoms with Crippen LogP contribution in [0, 0.1) is 0 Å². The van der Waals surface area contributed by atoms with E-state index in [1.807, 2.05) is 42.5 Å². The minimum atomic E-state index is 0.812. The molecule has 0 saturated carbocycles. The predicted octanol–water partition coefficient (Wildman–Crippen LogP) is 3.71. The molecule has 0 fully saturated rings. The van der Waals surface area contributed by atoms with Gasteiger partial charge in [0.15, 0.2) is 0 Å². The van der Waals surface area contributed by atoms with Crippen molar-refractivity contribution in [1.29, 1.82) is 0 Å². The van der Waals surface area contributed by atoms with Gasteiger partial charge in [0.25, 0.3) is 0 Å². The van der Waals surface area contributed by atoms with Crippen LogP contribution in [-0.2, 0) is 0 Å². The van der Waals surface area contributed by atoms with Crippen molar-refractivity contribution in [2.24, 2.45) is 0 Å². The Labute approximate surface area is 99.1 Å². The van der Waals surface area contributed by atoms with Gasteiger partial charge in [-0.2, -0.15) is 0 Å². The van der Waals surface area contributed by atoms with E-state index in [-0.39, 0.29) is 0 Å². The monoisotopic (exact) mass is 233 g/mol. The van der Waals surface area contributed by atoms with Crippen LogP contribution in [0.5, 0.6) is 0 Å². The minimum Gasteiger partial charge on any atom is -0.398 e. The Balaban J connectivity index is 2.26. The lowest BCUT2D eigenvalue weighted by molar-refractivity contribution is 1.33. The van der Waals surface area contributed by atoms with Gasteiger partial charge in [0.2, 0.25) is 0 Å². The summed E-state index contributed by atoms with van der Waals surface area (Å²) in [6, 6.07) is 15.9. The van der Waals surface area contributed by atoms with Gasteiger partial charge < -0.3 is 5.73 Å².